The van der Waals surface area contributed by atoms with Crippen LogP contribution >= 0.6 is 0 Å². The number of rotatable bonds is 9. The monoisotopic (exact) mass is 500 g/mol. The van der Waals surface area contributed by atoms with E-state index in [1.54, 1.807) is 32.9 Å². The van der Waals surface area contributed by atoms with E-state index in [0.717, 1.165) is 32.1 Å². The molecule has 1 aliphatic rings. The van der Waals surface area contributed by atoms with E-state index in [2.05, 4.69) is 10.6 Å². The summed E-state index contributed by atoms with van der Waals surface area (Å²) in [7, 11) is 0. The average Bonchev–Trinajstić information content (AvgIpc) is 2.77. The first-order chi connectivity index (χ1) is 16.9. The van der Waals surface area contributed by atoms with Gasteiger partial charge >= 0.3 is 6.09 Å². The average molecular weight is 501 g/mol. The number of aromatic hydroxyl groups is 1. The maximum atomic E-state index is 13.8. The Labute approximate surface area is 214 Å². The Bertz CT molecular complexity index is 944. The zero-order valence-electron chi connectivity index (χ0n) is 22.0. The fourth-order valence-corrected chi connectivity index (χ4v) is 4.41. The van der Waals surface area contributed by atoms with Crippen molar-refractivity contribution in [1.29, 1.82) is 5.26 Å². The predicted molar refractivity (Wildman–Crippen MR) is 136 cm³/mol. The maximum absolute atomic E-state index is 13.8. The molecule has 2 unspecified atom stereocenters. The second-order valence-corrected chi connectivity index (χ2v) is 10.8. The summed E-state index contributed by atoms with van der Waals surface area (Å²) in [6.07, 6.45) is 4.38. The first-order valence-corrected chi connectivity index (χ1v) is 12.7. The smallest absolute Gasteiger partial charge is 0.408 e. The summed E-state index contributed by atoms with van der Waals surface area (Å²) in [5, 5.41) is 25.4. The highest BCUT2D eigenvalue weighted by molar-refractivity contribution is 5.92. The highest BCUT2D eigenvalue weighted by Crippen LogP contribution is 2.27. The Morgan fingerprint density at radius 3 is 2.42 bits per heavy atom. The Kier molecular flexibility index (Phi) is 10.6. The normalized spacial score (nSPS) is 15.9. The number of phenols is 1. The molecule has 9 nitrogen and oxygen atoms in total. The predicted octanol–water partition coefficient (Wildman–Crippen LogP) is 4.17. The molecule has 0 bridgehead atoms. The van der Waals surface area contributed by atoms with Gasteiger partial charge in [0.1, 0.15) is 30.0 Å². The third-order valence-corrected chi connectivity index (χ3v) is 5.92. The molecule has 1 aromatic carbocycles. The van der Waals surface area contributed by atoms with Crippen LogP contribution < -0.4 is 10.6 Å². The largest absolute Gasteiger partial charge is 0.508 e. The summed E-state index contributed by atoms with van der Waals surface area (Å²) in [6, 6.07) is 5.94. The van der Waals surface area contributed by atoms with Gasteiger partial charge in [0.25, 0.3) is 0 Å². The summed E-state index contributed by atoms with van der Waals surface area (Å²) in [4.78, 5) is 41.1. The van der Waals surface area contributed by atoms with Crippen LogP contribution in [0.2, 0.25) is 0 Å². The maximum Gasteiger partial charge on any atom is 0.408 e. The van der Waals surface area contributed by atoms with Gasteiger partial charge in [0.05, 0.1) is 6.07 Å². The van der Waals surface area contributed by atoms with Gasteiger partial charge in [-0.2, -0.15) is 5.26 Å². The SMILES string of the molecule is CC(C)CC(NC(=O)OC(C)(C)C)C(=O)N(CC#N)C(C(=O)NC1CCCCC1)c1cccc(O)c1. The van der Waals surface area contributed by atoms with E-state index in [9.17, 15) is 24.8 Å². The number of nitriles is 1. The summed E-state index contributed by atoms with van der Waals surface area (Å²) < 4.78 is 5.35. The lowest BCUT2D eigenvalue weighted by Gasteiger charge is -2.34. The van der Waals surface area contributed by atoms with E-state index in [1.165, 1.54) is 17.0 Å². The van der Waals surface area contributed by atoms with Crippen molar-refractivity contribution < 1.29 is 24.2 Å². The third kappa shape index (κ3) is 9.06. The van der Waals surface area contributed by atoms with Crippen molar-refractivity contribution in [2.45, 2.75) is 96.9 Å². The topological polar surface area (TPSA) is 132 Å². The van der Waals surface area contributed by atoms with Gasteiger partial charge in [-0.3, -0.25) is 9.59 Å². The number of ether oxygens (including phenoxy) is 1. The van der Waals surface area contributed by atoms with Gasteiger partial charge in [0.2, 0.25) is 11.8 Å². The Morgan fingerprint density at radius 1 is 1.19 bits per heavy atom. The molecule has 0 aromatic heterocycles. The van der Waals surface area contributed by atoms with Crippen LogP contribution in [0.25, 0.3) is 0 Å². The van der Waals surface area contributed by atoms with Gasteiger partial charge in [-0.1, -0.05) is 45.2 Å². The first kappa shape index (κ1) is 29.0. The second kappa shape index (κ2) is 13.1. The number of nitrogens with one attached hydrogen (secondary N) is 2. The number of carbonyl (C=O) groups is 3. The highest BCUT2D eigenvalue weighted by Gasteiger charge is 2.37. The van der Waals surface area contributed by atoms with E-state index in [4.69, 9.17) is 4.74 Å². The van der Waals surface area contributed by atoms with Gasteiger partial charge in [-0.25, -0.2) is 4.79 Å². The standard InChI is InChI=1S/C27H40N4O5/c1-18(2)16-22(30-26(35)36-27(3,4)5)25(34)31(15-14-28)23(19-10-9-13-21(32)17-19)24(33)29-20-11-7-6-8-12-20/h9-10,13,17-18,20,22-23,32H,6-8,11-12,15-16H2,1-5H3,(H,29,33)(H,30,35). The van der Waals surface area contributed by atoms with Crippen LogP contribution in [0.3, 0.4) is 0 Å². The van der Waals surface area contributed by atoms with Gasteiger partial charge in [0.15, 0.2) is 0 Å². The van der Waals surface area contributed by atoms with Gasteiger partial charge in [-0.15, -0.1) is 0 Å². The summed E-state index contributed by atoms with van der Waals surface area (Å²) in [5.74, 6) is -1.01. The molecule has 0 radical (unpaired) electrons. The Balaban J connectivity index is 2.42. The number of alkyl carbamates (subject to hydrolysis) is 1. The molecule has 1 aromatic rings. The Hall–Kier alpha value is -3.28. The van der Waals surface area contributed by atoms with Gasteiger partial charge in [0, 0.05) is 6.04 Å². The molecule has 9 heteroatoms. The van der Waals surface area contributed by atoms with Crippen molar-refractivity contribution >= 4 is 17.9 Å². The van der Waals surface area contributed by atoms with E-state index < -0.39 is 35.6 Å². The molecule has 36 heavy (non-hydrogen) atoms. The molecule has 0 heterocycles. The summed E-state index contributed by atoms with van der Waals surface area (Å²) in [5.41, 5.74) is -0.376. The number of phenolic OH excluding ortho intramolecular Hbond substituents is 1. The fourth-order valence-electron chi connectivity index (χ4n) is 4.41. The van der Waals surface area contributed by atoms with E-state index in [1.807, 2.05) is 19.9 Å². The molecule has 1 fully saturated rings. The minimum atomic E-state index is -1.15. The molecule has 198 valence electrons. The minimum Gasteiger partial charge on any atom is -0.508 e. The zero-order chi connectivity index (χ0) is 26.9. The molecule has 2 atom stereocenters. The number of nitrogens with zero attached hydrogens (tertiary/aromatic N) is 2. The number of carbonyl (C=O) groups excluding carboxylic acids is 3. The lowest BCUT2D eigenvalue weighted by Crippen LogP contribution is -2.54. The molecule has 0 saturated heterocycles. The molecule has 1 aliphatic carbocycles. The van der Waals surface area contributed by atoms with Crippen molar-refractivity contribution in [2.75, 3.05) is 6.54 Å². The summed E-state index contributed by atoms with van der Waals surface area (Å²) >= 11 is 0. The van der Waals surface area contributed by atoms with Crippen molar-refractivity contribution in [3.63, 3.8) is 0 Å². The minimum absolute atomic E-state index is 0.0172. The zero-order valence-corrected chi connectivity index (χ0v) is 22.0. The lowest BCUT2D eigenvalue weighted by molar-refractivity contribution is -0.142. The van der Waals surface area contributed by atoms with E-state index >= 15 is 0 Å². The summed E-state index contributed by atoms with van der Waals surface area (Å²) in [6.45, 7) is 8.62. The quantitative estimate of drug-likeness (QED) is 0.436. The molecule has 0 spiro atoms. The number of amides is 3. The van der Waals surface area contributed by atoms with Crippen LogP contribution in [0.4, 0.5) is 4.79 Å². The van der Waals surface area contributed by atoms with E-state index in [-0.39, 0.29) is 30.7 Å². The Morgan fingerprint density at radius 2 is 1.86 bits per heavy atom. The third-order valence-electron chi connectivity index (χ3n) is 5.92. The molecule has 3 N–H and O–H groups in total. The van der Waals surface area contributed by atoms with Crippen molar-refractivity contribution in [3.8, 4) is 11.8 Å². The number of benzene rings is 1. The fraction of sp³-hybridized carbons (Fsp3) is 0.630. The highest BCUT2D eigenvalue weighted by atomic mass is 16.6. The van der Waals surface area contributed by atoms with Crippen LogP contribution in [0.5, 0.6) is 5.75 Å². The molecule has 0 aliphatic heterocycles. The molecule has 2 rings (SSSR count). The van der Waals surface area contributed by atoms with Crippen LogP contribution in [-0.2, 0) is 14.3 Å². The van der Waals surface area contributed by atoms with Crippen molar-refractivity contribution in [3.05, 3.63) is 29.8 Å². The number of hydrogen-bond donors (Lipinski definition) is 3. The van der Waals surface area contributed by atoms with Gasteiger partial charge in [-0.05, 0) is 63.6 Å². The second-order valence-electron chi connectivity index (χ2n) is 10.8. The van der Waals surface area contributed by atoms with Crippen LogP contribution in [0.15, 0.2) is 24.3 Å². The van der Waals surface area contributed by atoms with Gasteiger partial charge < -0.3 is 25.4 Å². The molecule has 3 amide bonds. The first-order valence-electron chi connectivity index (χ1n) is 12.7. The van der Waals surface area contributed by atoms with Crippen LogP contribution in [0, 0.1) is 17.2 Å². The number of hydrogen-bond acceptors (Lipinski definition) is 6. The van der Waals surface area contributed by atoms with E-state index in [0.29, 0.717) is 5.56 Å². The van der Waals surface area contributed by atoms with Crippen molar-refractivity contribution in [2.24, 2.45) is 5.92 Å². The lowest BCUT2D eigenvalue weighted by atomic mass is 9.94. The molecular formula is C27H40N4O5. The van der Waals surface area contributed by atoms with Crippen LogP contribution in [-0.4, -0.2) is 52.1 Å². The molecular weight excluding hydrogens is 460 g/mol. The van der Waals surface area contributed by atoms with Crippen LogP contribution in [0.1, 0.15) is 84.7 Å². The van der Waals surface area contributed by atoms with Crippen molar-refractivity contribution in [1.82, 2.24) is 15.5 Å². The molecule has 1 saturated carbocycles.